The lowest BCUT2D eigenvalue weighted by Crippen LogP contribution is -2.08. The van der Waals surface area contributed by atoms with Crippen molar-refractivity contribution >= 4 is 11.6 Å². The van der Waals surface area contributed by atoms with E-state index in [2.05, 4.69) is 17.2 Å². The van der Waals surface area contributed by atoms with Crippen molar-refractivity contribution in [2.45, 2.75) is 13.8 Å². The predicted molar refractivity (Wildman–Crippen MR) is 53.3 cm³/mol. The maximum atomic E-state index is 11.0. The molecule has 66 valence electrons. The van der Waals surface area contributed by atoms with Gasteiger partial charge in [-0.05, 0) is 37.5 Å². The van der Waals surface area contributed by atoms with E-state index >= 15 is 0 Å². The molecule has 0 spiro atoms. The van der Waals surface area contributed by atoms with Gasteiger partial charge < -0.3 is 5.32 Å². The van der Waals surface area contributed by atoms with Gasteiger partial charge in [0.05, 0.1) is 0 Å². The number of amides is 1. The number of hydrogen-bond acceptors (Lipinski definition) is 1. The van der Waals surface area contributed by atoms with Crippen molar-refractivity contribution in [3.63, 3.8) is 0 Å². The second-order valence-corrected chi connectivity index (χ2v) is 2.70. The van der Waals surface area contributed by atoms with Gasteiger partial charge in [0, 0.05) is 5.69 Å². The number of nitrogens with one attached hydrogen (secondary N) is 1. The van der Waals surface area contributed by atoms with E-state index in [1.807, 2.05) is 31.2 Å². The molecule has 0 saturated carbocycles. The van der Waals surface area contributed by atoms with Gasteiger partial charge in [0.15, 0.2) is 0 Å². The second kappa shape index (κ2) is 4.32. The van der Waals surface area contributed by atoms with Gasteiger partial charge in [-0.2, -0.15) is 0 Å². The summed E-state index contributed by atoms with van der Waals surface area (Å²) in [6.07, 6.45) is 0. The molecule has 1 aromatic carbocycles. The van der Waals surface area contributed by atoms with Crippen LogP contribution in [-0.4, -0.2) is 5.91 Å². The van der Waals surface area contributed by atoms with Crippen LogP contribution in [0.3, 0.4) is 0 Å². The molecule has 1 aromatic rings. The first-order valence-corrected chi connectivity index (χ1v) is 4.03. The predicted octanol–water partition coefficient (Wildman–Crippen LogP) is 1.96. The Balaban J connectivity index is 2.73. The molecule has 0 aromatic heterocycles. The summed E-state index contributed by atoms with van der Waals surface area (Å²) in [4.78, 5) is 11.0. The summed E-state index contributed by atoms with van der Waals surface area (Å²) in [6, 6.07) is 7.60. The van der Waals surface area contributed by atoms with Crippen LogP contribution in [0.4, 0.5) is 5.69 Å². The smallest absolute Gasteiger partial charge is 0.300 e. The highest BCUT2D eigenvalue weighted by atomic mass is 16.1. The average molecular weight is 173 g/mol. The lowest BCUT2D eigenvalue weighted by molar-refractivity contribution is -0.111. The van der Waals surface area contributed by atoms with Crippen LogP contribution in [0.2, 0.25) is 0 Å². The van der Waals surface area contributed by atoms with E-state index in [4.69, 9.17) is 0 Å². The van der Waals surface area contributed by atoms with E-state index < -0.39 is 0 Å². The van der Waals surface area contributed by atoms with E-state index in [0.717, 1.165) is 11.3 Å². The molecule has 0 atom stereocenters. The maximum absolute atomic E-state index is 11.0. The molecule has 0 radical (unpaired) electrons. The molecule has 0 bridgehead atoms. The van der Waals surface area contributed by atoms with E-state index in [1.54, 1.807) is 6.92 Å². The number of anilines is 1. The molecule has 2 heteroatoms. The molecule has 1 N–H and O–H groups in total. The lowest BCUT2D eigenvalue weighted by atomic mass is 10.2. The van der Waals surface area contributed by atoms with Crippen LogP contribution in [0.25, 0.3) is 0 Å². The average Bonchev–Trinajstić information content (AvgIpc) is 2.04. The zero-order valence-corrected chi connectivity index (χ0v) is 7.72. The van der Waals surface area contributed by atoms with Gasteiger partial charge in [-0.1, -0.05) is 18.1 Å². The van der Waals surface area contributed by atoms with Crippen LogP contribution in [0.15, 0.2) is 24.3 Å². The third-order valence-corrected chi connectivity index (χ3v) is 1.51. The summed E-state index contributed by atoms with van der Waals surface area (Å²) in [6.45, 7) is 3.61. The minimum Gasteiger partial charge on any atom is -0.315 e. The minimum absolute atomic E-state index is 0.270. The van der Waals surface area contributed by atoms with Crippen molar-refractivity contribution in [2.24, 2.45) is 0 Å². The van der Waals surface area contributed by atoms with E-state index in [0.29, 0.717) is 0 Å². The van der Waals surface area contributed by atoms with Gasteiger partial charge in [-0.25, -0.2) is 0 Å². The van der Waals surface area contributed by atoms with Gasteiger partial charge in [-0.3, -0.25) is 4.79 Å². The lowest BCUT2D eigenvalue weighted by Gasteiger charge is -2.00. The Kier molecular flexibility index (Phi) is 3.10. The molecule has 0 heterocycles. The Hall–Kier alpha value is -1.75. The standard InChI is InChI=1S/C11H11NO/c1-3-5-11(13)12-10-7-4-6-9(2)8-10/h4,6-8H,1-2H3,(H,12,13). The minimum atomic E-state index is -0.270. The first-order valence-electron chi connectivity index (χ1n) is 4.03. The van der Waals surface area contributed by atoms with Gasteiger partial charge in [0.1, 0.15) is 0 Å². The number of carbonyl (C=O) groups is 1. The molecule has 0 aliphatic heterocycles. The van der Waals surface area contributed by atoms with Crippen molar-refractivity contribution in [3.8, 4) is 11.8 Å². The fourth-order valence-corrected chi connectivity index (χ4v) is 0.999. The molecule has 0 fully saturated rings. The number of hydrogen-bond donors (Lipinski definition) is 1. The molecule has 1 rings (SSSR count). The molecule has 0 saturated heterocycles. The summed E-state index contributed by atoms with van der Waals surface area (Å²) in [5, 5.41) is 2.67. The highest BCUT2D eigenvalue weighted by Gasteiger charge is 1.96. The first kappa shape index (κ1) is 9.34. The highest BCUT2D eigenvalue weighted by molar-refractivity contribution is 6.03. The van der Waals surface area contributed by atoms with Crippen molar-refractivity contribution in [1.82, 2.24) is 0 Å². The molecule has 0 unspecified atom stereocenters. The topological polar surface area (TPSA) is 29.1 Å². The van der Waals surface area contributed by atoms with E-state index in [-0.39, 0.29) is 5.91 Å². The Bertz CT molecular complexity index is 371. The summed E-state index contributed by atoms with van der Waals surface area (Å²) < 4.78 is 0. The summed E-state index contributed by atoms with van der Waals surface area (Å²) >= 11 is 0. The van der Waals surface area contributed by atoms with Crippen LogP contribution in [0.1, 0.15) is 12.5 Å². The van der Waals surface area contributed by atoms with E-state index in [1.165, 1.54) is 0 Å². The van der Waals surface area contributed by atoms with Crippen LogP contribution >= 0.6 is 0 Å². The Labute approximate surface area is 78.0 Å². The van der Waals surface area contributed by atoms with Gasteiger partial charge in [0.25, 0.3) is 5.91 Å². The van der Waals surface area contributed by atoms with Crippen molar-refractivity contribution < 1.29 is 4.79 Å². The Morgan fingerprint density at radius 1 is 1.46 bits per heavy atom. The molecule has 13 heavy (non-hydrogen) atoms. The number of carbonyl (C=O) groups excluding carboxylic acids is 1. The fourth-order valence-electron chi connectivity index (χ4n) is 0.999. The number of aryl methyl sites for hydroxylation is 1. The fraction of sp³-hybridized carbons (Fsp3) is 0.182. The largest absolute Gasteiger partial charge is 0.315 e. The molecule has 2 nitrogen and oxygen atoms in total. The molecular weight excluding hydrogens is 162 g/mol. The van der Waals surface area contributed by atoms with Crippen LogP contribution in [0.5, 0.6) is 0 Å². The summed E-state index contributed by atoms with van der Waals surface area (Å²) in [5.74, 6) is 4.68. The van der Waals surface area contributed by atoms with Crippen LogP contribution in [0, 0.1) is 18.8 Å². The third-order valence-electron chi connectivity index (χ3n) is 1.51. The second-order valence-electron chi connectivity index (χ2n) is 2.70. The van der Waals surface area contributed by atoms with Crippen LogP contribution < -0.4 is 5.32 Å². The third kappa shape index (κ3) is 3.00. The molecule has 0 aliphatic rings. The number of benzene rings is 1. The first-order chi connectivity index (χ1) is 6.22. The molecule has 1 amide bonds. The van der Waals surface area contributed by atoms with Crippen molar-refractivity contribution in [3.05, 3.63) is 29.8 Å². The number of rotatable bonds is 1. The Morgan fingerprint density at radius 2 is 2.23 bits per heavy atom. The zero-order valence-electron chi connectivity index (χ0n) is 7.72. The van der Waals surface area contributed by atoms with Gasteiger partial charge in [-0.15, -0.1) is 0 Å². The Morgan fingerprint density at radius 3 is 2.85 bits per heavy atom. The summed E-state index contributed by atoms with van der Waals surface area (Å²) in [5.41, 5.74) is 1.90. The molecule has 0 aliphatic carbocycles. The zero-order chi connectivity index (χ0) is 9.68. The quantitative estimate of drug-likeness (QED) is 0.646. The van der Waals surface area contributed by atoms with Crippen LogP contribution in [-0.2, 0) is 4.79 Å². The highest BCUT2D eigenvalue weighted by Crippen LogP contribution is 2.08. The van der Waals surface area contributed by atoms with E-state index in [9.17, 15) is 4.79 Å². The normalized spacial score (nSPS) is 8.46. The van der Waals surface area contributed by atoms with Gasteiger partial charge >= 0.3 is 0 Å². The molecular formula is C11H11NO. The maximum Gasteiger partial charge on any atom is 0.300 e. The summed E-state index contributed by atoms with van der Waals surface area (Å²) in [7, 11) is 0. The van der Waals surface area contributed by atoms with Gasteiger partial charge in [0.2, 0.25) is 0 Å². The van der Waals surface area contributed by atoms with Crippen molar-refractivity contribution in [1.29, 1.82) is 0 Å². The van der Waals surface area contributed by atoms with Crippen molar-refractivity contribution in [2.75, 3.05) is 5.32 Å². The monoisotopic (exact) mass is 173 g/mol. The SMILES string of the molecule is CC#CC(=O)Nc1cccc(C)c1.